The Labute approximate surface area is 105 Å². The largest absolute Gasteiger partial charge is 0.480 e. The summed E-state index contributed by atoms with van der Waals surface area (Å²) < 4.78 is 0. The highest BCUT2D eigenvalue weighted by Gasteiger charge is 2.16. The van der Waals surface area contributed by atoms with Gasteiger partial charge in [-0.15, -0.1) is 10.2 Å². The van der Waals surface area contributed by atoms with Crippen molar-refractivity contribution in [2.24, 2.45) is 0 Å². The van der Waals surface area contributed by atoms with Crippen molar-refractivity contribution in [3.8, 4) is 0 Å². The number of anilines is 1. The molecule has 1 rings (SSSR count). The molecule has 0 aliphatic rings. The van der Waals surface area contributed by atoms with Crippen LogP contribution in [0.1, 0.15) is 30.3 Å². The zero-order valence-corrected chi connectivity index (χ0v) is 10.3. The molecule has 18 heavy (non-hydrogen) atoms. The lowest BCUT2D eigenvalue weighted by Crippen LogP contribution is -2.29. The number of carboxylic acids is 1. The molecule has 7 nitrogen and oxygen atoms in total. The van der Waals surface area contributed by atoms with Gasteiger partial charge in [0.15, 0.2) is 5.69 Å². The molecule has 1 amide bonds. The second-order valence-corrected chi connectivity index (χ2v) is 3.71. The Hall–Kier alpha value is -2.18. The van der Waals surface area contributed by atoms with Gasteiger partial charge in [0.05, 0.1) is 0 Å². The van der Waals surface area contributed by atoms with Crippen LogP contribution in [0.5, 0.6) is 0 Å². The predicted octanol–water partition coefficient (Wildman–Crippen LogP) is 0.501. The number of nitrogens with zero attached hydrogens (tertiary/aromatic N) is 2. The van der Waals surface area contributed by atoms with Gasteiger partial charge < -0.3 is 15.7 Å². The summed E-state index contributed by atoms with van der Waals surface area (Å²) in [5, 5.41) is 21.6. The summed E-state index contributed by atoms with van der Waals surface area (Å²) in [6.07, 6.45) is 1.24. The van der Waals surface area contributed by atoms with E-state index >= 15 is 0 Å². The minimum atomic E-state index is -0.936. The molecule has 0 fully saturated rings. The smallest absolute Gasteiger partial charge is 0.326 e. The van der Waals surface area contributed by atoms with E-state index in [0.717, 1.165) is 6.42 Å². The standard InChI is InChI=1S/C11H16N4O3/c1-3-4-8(11(17)18)13-9-6-5-7(14-15-9)10(16)12-2/h5-6,8H,3-4H2,1-2H3,(H,12,16)(H,13,15)(H,17,18). The van der Waals surface area contributed by atoms with Crippen molar-refractivity contribution >= 4 is 17.7 Å². The fourth-order valence-corrected chi connectivity index (χ4v) is 1.38. The summed E-state index contributed by atoms with van der Waals surface area (Å²) in [5.74, 6) is -0.935. The summed E-state index contributed by atoms with van der Waals surface area (Å²) in [4.78, 5) is 22.2. The van der Waals surface area contributed by atoms with Gasteiger partial charge in [-0.1, -0.05) is 13.3 Å². The number of carbonyl (C=O) groups is 2. The first-order valence-corrected chi connectivity index (χ1v) is 5.63. The van der Waals surface area contributed by atoms with Crippen LogP contribution in [-0.2, 0) is 4.79 Å². The maximum absolute atomic E-state index is 11.2. The van der Waals surface area contributed by atoms with E-state index in [1.165, 1.54) is 19.2 Å². The van der Waals surface area contributed by atoms with Crippen molar-refractivity contribution in [3.05, 3.63) is 17.8 Å². The molecular weight excluding hydrogens is 236 g/mol. The lowest BCUT2D eigenvalue weighted by Gasteiger charge is -2.13. The van der Waals surface area contributed by atoms with Gasteiger partial charge >= 0.3 is 5.97 Å². The Morgan fingerprint density at radius 1 is 1.39 bits per heavy atom. The number of hydrogen-bond acceptors (Lipinski definition) is 5. The fourth-order valence-electron chi connectivity index (χ4n) is 1.38. The molecule has 1 aromatic rings. The first kappa shape index (κ1) is 13.9. The van der Waals surface area contributed by atoms with Crippen LogP contribution in [0.25, 0.3) is 0 Å². The van der Waals surface area contributed by atoms with E-state index in [9.17, 15) is 9.59 Å². The van der Waals surface area contributed by atoms with E-state index < -0.39 is 12.0 Å². The number of carboxylic acid groups (broad SMARTS) is 1. The minimum absolute atomic E-state index is 0.186. The molecule has 98 valence electrons. The number of carbonyl (C=O) groups excluding carboxylic acids is 1. The van der Waals surface area contributed by atoms with E-state index in [4.69, 9.17) is 5.11 Å². The van der Waals surface area contributed by atoms with E-state index in [1.807, 2.05) is 6.92 Å². The summed E-state index contributed by atoms with van der Waals surface area (Å²) in [6, 6.07) is 2.32. The normalized spacial score (nSPS) is 11.7. The van der Waals surface area contributed by atoms with E-state index in [-0.39, 0.29) is 11.6 Å². The highest BCUT2D eigenvalue weighted by Crippen LogP contribution is 2.07. The van der Waals surface area contributed by atoms with Crippen LogP contribution in [0.4, 0.5) is 5.82 Å². The van der Waals surface area contributed by atoms with Crippen LogP contribution < -0.4 is 10.6 Å². The van der Waals surface area contributed by atoms with Crippen LogP contribution in [0.2, 0.25) is 0 Å². The second kappa shape index (κ2) is 6.53. The van der Waals surface area contributed by atoms with Crippen LogP contribution in [0, 0.1) is 0 Å². The van der Waals surface area contributed by atoms with Crippen molar-refractivity contribution in [2.75, 3.05) is 12.4 Å². The molecule has 1 aromatic heterocycles. The zero-order valence-electron chi connectivity index (χ0n) is 10.3. The van der Waals surface area contributed by atoms with Gasteiger partial charge in [-0.05, 0) is 18.6 Å². The van der Waals surface area contributed by atoms with Gasteiger partial charge in [0.2, 0.25) is 0 Å². The van der Waals surface area contributed by atoms with Gasteiger partial charge in [-0.3, -0.25) is 4.79 Å². The molecule has 0 aromatic carbocycles. The van der Waals surface area contributed by atoms with Crippen molar-refractivity contribution in [1.29, 1.82) is 0 Å². The maximum Gasteiger partial charge on any atom is 0.326 e. The summed E-state index contributed by atoms with van der Waals surface area (Å²) in [5.41, 5.74) is 0.186. The molecule has 1 unspecified atom stereocenters. The Morgan fingerprint density at radius 2 is 2.11 bits per heavy atom. The number of nitrogens with one attached hydrogen (secondary N) is 2. The van der Waals surface area contributed by atoms with Gasteiger partial charge in [-0.25, -0.2) is 4.79 Å². The molecule has 0 saturated carbocycles. The monoisotopic (exact) mass is 252 g/mol. The van der Waals surface area contributed by atoms with Gasteiger partial charge in [0.1, 0.15) is 11.9 Å². The third-order valence-corrected chi connectivity index (χ3v) is 2.32. The topological polar surface area (TPSA) is 104 Å². The molecule has 1 heterocycles. The minimum Gasteiger partial charge on any atom is -0.480 e. The average Bonchev–Trinajstić information content (AvgIpc) is 2.38. The maximum atomic E-state index is 11.2. The average molecular weight is 252 g/mol. The van der Waals surface area contributed by atoms with E-state index in [2.05, 4.69) is 20.8 Å². The van der Waals surface area contributed by atoms with E-state index in [0.29, 0.717) is 12.2 Å². The van der Waals surface area contributed by atoms with Crippen molar-refractivity contribution < 1.29 is 14.7 Å². The van der Waals surface area contributed by atoms with E-state index in [1.54, 1.807) is 0 Å². The molecule has 0 aliphatic carbocycles. The summed E-state index contributed by atoms with van der Waals surface area (Å²) in [7, 11) is 1.50. The van der Waals surface area contributed by atoms with Crippen LogP contribution in [-0.4, -0.2) is 40.3 Å². The highest BCUT2D eigenvalue weighted by atomic mass is 16.4. The molecule has 0 radical (unpaired) electrons. The lowest BCUT2D eigenvalue weighted by molar-refractivity contribution is -0.138. The van der Waals surface area contributed by atoms with Crippen LogP contribution in [0.15, 0.2) is 12.1 Å². The number of aliphatic carboxylic acids is 1. The number of hydrogen-bond donors (Lipinski definition) is 3. The van der Waals surface area contributed by atoms with Gasteiger partial charge in [-0.2, -0.15) is 0 Å². The third kappa shape index (κ3) is 3.69. The number of amides is 1. The predicted molar refractivity (Wildman–Crippen MR) is 65.4 cm³/mol. The molecule has 3 N–H and O–H groups in total. The van der Waals surface area contributed by atoms with Crippen molar-refractivity contribution in [3.63, 3.8) is 0 Å². The molecule has 0 saturated heterocycles. The van der Waals surface area contributed by atoms with Crippen LogP contribution in [0.3, 0.4) is 0 Å². The lowest BCUT2D eigenvalue weighted by atomic mass is 10.2. The Balaban J connectivity index is 2.73. The first-order chi connectivity index (χ1) is 8.58. The third-order valence-electron chi connectivity index (χ3n) is 2.32. The van der Waals surface area contributed by atoms with Crippen molar-refractivity contribution in [2.45, 2.75) is 25.8 Å². The van der Waals surface area contributed by atoms with Crippen molar-refractivity contribution in [1.82, 2.24) is 15.5 Å². The number of rotatable bonds is 6. The Kier molecular flexibility index (Phi) is 5.04. The molecule has 0 aliphatic heterocycles. The highest BCUT2D eigenvalue weighted by molar-refractivity contribution is 5.91. The zero-order chi connectivity index (χ0) is 13.5. The molecule has 1 atom stereocenters. The molecule has 7 heteroatoms. The molecular formula is C11H16N4O3. The fraction of sp³-hybridized carbons (Fsp3) is 0.455. The number of aromatic nitrogens is 2. The van der Waals surface area contributed by atoms with Crippen LogP contribution >= 0.6 is 0 Å². The van der Waals surface area contributed by atoms with Gasteiger partial charge in [0.25, 0.3) is 5.91 Å². The summed E-state index contributed by atoms with van der Waals surface area (Å²) >= 11 is 0. The van der Waals surface area contributed by atoms with Gasteiger partial charge in [0, 0.05) is 7.05 Å². The summed E-state index contributed by atoms with van der Waals surface area (Å²) in [6.45, 7) is 1.90. The SMILES string of the molecule is CCCC(Nc1ccc(C(=O)NC)nn1)C(=O)O. The quantitative estimate of drug-likeness (QED) is 0.681. The first-order valence-electron chi connectivity index (χ1n) is 5.63. The Morgan fingerprint density at radius 3 is 2.56 bits per heavy atom. The second-order valence-electron chi connectivity index (χ2n) is 3.71. The molecule has 0 bridgehead atoms. The Bertz CT molecular complexity index is 419. The molecule has 0 spiro atoms.